The lowest BCUT2D eigenvalue weighted by Gasteiger charge is -2.05. The third kappa shape index (κ3) is 2.21. The van der Waals surface area contributed by atoms with Gasteiger partial charge in [0.1, 0.15) is 5.75 Å². The van der Waals surface area contributed by atoms with Crippen LogP contribution in [0.4, 0.5) is 5.69 Å². The molecule has 0 radical (unpaired) electrons. The number of non-ortho nitro benzene ring substituents is 1. The van der Waals surface area contributed by atoms with E-state index in [2.05, 4.69) is 30.9 Å². The molecule has 3 rings (SSSR count). The summed E-state index contributed by atoms with van der Waals surface area (Å²) in [5.41, 5.74) is 0.0936. The van der Waals surface area contributed by atoms with Gasteiger partial charge in [-0.2, -0.15) is 0 Å². The van der Waals surface area contributed by atoms with Crippen LogP contribution in [0.2, 0.25) is 0 Å². The molecule has 100 valence electrons. The summed E-state index contributed by atoms with van der Waals surface area (Å²) in [6.45, 7) is 0. The van der Waals surface area contributed by atoms with E-state index in [0.717, 1.165) is 4.47 Å². The molecule has 0 bridgehead atoms. The Morgan fingerprint density at radius 3 is 2.50 bits per heavy atom. The second-order valence-corrected chi connectivity index (χ2v) is 4.77. The molecule has 2 aromatic carbocycles. The number of hydrogen-bond donors (Lipinski definition) is 0. The predicted molar refractivity (Wildman–Crippen MR) is 72.7 cm³/mol. The van der Waals surface area contributed by atoms with Gasteiger partial charge in [-0.15, -0.1) is 0 Å². The number of nitro groups is 1. The van der Waals surface area contributed by atoms with Crippen LogP contribution in [0.5, 0.6) is 11.5 Å². The Morgan fingerprint density at radius 1 is 1.10 bits per heavy atom. The minimum Gasteiger partial charge on any atom is -0.455 e. The molecular formula is C12H6BrN3O4. The van der Waals surface area contributed by atoms with Gasteiger partial charge in [0.25, 0.3) is 0 Å². The Hall–Kier alpha value is -2.48. The Kier molecular flexibility index (Phi) is 3.07. The smallest absolute Gasteiger partial charge is 0.301 e. The molecule has 1 aromatic heterocycles. The fourth-order valence-corrected chi connectivity index (χ4v) is 1.95. The van der Waals surface area contributed by atoms with Gasteiger partial charge in [-0.1, -0.05) is 15.9 Å². The van der Waals surface area contributed by atoms with Gasteiger partial charge in [-0.25, -0.2) is 4.63 Å². The first-order valence-electron chi connectivity index (χ1n) is 5.48. The summed E-state index contributed by atoms with van der Waals surface area (Å²) in [4.78, 5) is 10.3. The highest BCUT2D eigenvalue weighted by Gasteiger charge is 2.20. The van der Waals surface area contributed by atoms with E-state index in [1.807, 2.05) is 12.1 Å². The molecule has 7 nitrogen and oxygen atoms in total. The zero-order chi connectivity index (χ0) is 14.1. The number of hydrogen-bond acceptors (Lipinski definition) is 6. The highest BCUT2D eigenvalue weighted by molar-refractivity contribution is 9.10. The molecule has 0 aliphatic rings. The molecular weight excluding hydrogens is 330 g/mol. The highest BCUT2D eigenvalue weighted by atomic mass is 79.9. The zero-order valence-corrected chi connectivity index (χ0v) is 11.4. The monoisotopic (exact) mass is 335 g/mol. The van der Waals surface area contributed by atoms with Crippen molar-refractivity contribution in [3.63, 3.8) is 0 Å². The summed E-state index contributed by atoms with van der Waals surface area (Å²) < 4.78 is 11.1. The summed E-state index contributed by atoms with van der Waals surface area (Å²) in [6.07, 6.45) is 0. The predicted octanol–water partition coefficient (Wildman–Crippen LogP) is 3.69. The first-order valence-corrected chi connectivity index (χ1v) is 6.27. The van der Waals surface area contributed by atoms with E-state index < -0.39 is 4.92 Å². The Bertz CT molecular complexity index is 785. The molecule has 0 atom stereocenters. The Labute approximate surface area is 120 Å². The third-order valence-electron chi connectivity index (χ3n) is 2.60. The van der Waals surface area contributed by atoms with Crippen LogP contribution in [0.15, 0.2) is 45.5 Å². The van der Waals surface area contributed by atoms with Crippen molar-refractivity contribution < 1.29 is 14.3 Å². The van der Waals surface area contributed by atoms with Crippen molar-refractivity contribution in [2.75, 3.05) is 0 Å². The van der Waals surface area contributed by atoms with E-state index in [4.69, 9.17) is 4.74 Å². The summed E-state index contributed by atoms with van der Waals surface area (Å²) in [5, 5.41) is 18.1. The number of halogens is 1. The van der Waals surface area contributed by atoms with E-state index >= 15 is 0 Å². The number of aromatic nitrogens is 2. The number of fused-ring (bicyclic) bond motifs is 1. The SMILES string of the molecule is O=[N+]([O-])c1ccc(Oc2ccc(Br)cc2)c2nonc12. The summed E-state index contributed by atoms with van der Waals surface area (Å²) in [5.74, 6) is 0.917. The standard InChI is InChI=1S/C12H6BrN3O4/c13-7-1-3-8(4-2-7)19-10-6-5-9(16(17)18)11-12(10)15-20-14-11/h1-6H. The van der Waals surface area contributed by atoms with Gasteiger partial charge >= 0.3 is 5.69 Å². The van der Waals surface area contributed by atoms with Crippen LogP contribution in [0.3, 0.4) is 0 Å². The van der Waals surface area contributed by atoms with Crippen LogP contribution < -0.4 is 4.74 Å². The molecule has 8 heteroatoms. The molecule has 0 aliphatic heterocycles. The van der Waals surface area contributed by atoms with Crippen LogP contribution >= 0.6 is 15.9 Å². The molecule has 0 N–H and O–H groups in total. The molecule has 0 unspecified atom stereocenters. The van der Waals surface area contributed by atoms with Crippen LogP contribution in [0.1, 0.15) is 0 Å². The van der Waals surface area contributed by atoms with Crippen molar-refractivity contribution in [1.29, 1.82) is 0 Å². The number of nitrogens with zero attached hydrogens (tertiary/aromatic N) is 3. The van der Waals surface area contributed by atoms with Gasteiger partial charge in [0.2, 0.25) is 5.52 Å². The molecule has 20 heavy (non-hydrogen) atoms. The van der Waals surface area contributed by atoms with Gasteiger partial charge in [-0.3, -0.25) is 10.1 Å². The van der Waals surface area contributed by atoms with Crippen molar-refractivity contribution in [3.05, 3.63) is 51.0 Å². The molecule has 0 saturated heterocycles. The van der Waals surface area contributed by atoms with Crippen LogP contribution in [-0.4, -0.2) is 15.2 Å². The van der Waals surface area contributed by atoms with Crippen LogP contribution in [-0.2, 0) is 0 Å². The van der Waals surface area contributed by atoms with Crippen LogP contribution in [0.25, 0.3) is 11.0 Å². The second-order valence-electron chi connectivity index (χ2n) is 3.86. The van der Waals surface area contributed by atoms with Crippen molar-refractivity contribution in [2.24, 2.45) is 0 Å². The van der Waals surface area contributed by atoms with Gasteiger partial charge in [0.05, 0.1) is 4.92 Å². The molecule has 0 amide bonds. The first kappa shape index (κ1) is 12.5. The fraction of sp³-hybridized carbons (Fsp3) is 0. The summed E-state index contributed by atoms with van der Waals surface area (Å²) in [6, 6.07) is 9.92. The molecule has 0 aliphatic carbocycles. The Balaban J connectivity index is 2.04. The molecule has 0 fully saturated rings. The number of nitro benzene ring substituents is 1. The topological polar surface area (TPSA) is 91.3 Å². The fourth-order valence-electron chi connectivity index (χ4n) is 1.69. The lowest BCUT2D eigenvalue weighted by molar-refractivity contribution is -0.383. The van der Waals surface area contributed by atoms with Crippen molar-refractivity contribution in [1.82, 2.24) is 10.3 Å². The zero-order valence-electron chi connectivity index (χ0n) is 9.82. The van der Waals surface area contributed by atoms with E-state index in [1.165, 1.54) is 12.1 Å². The number of benzene rings is 2. The van der Waals surface area contributed by atoms with E-state index in [1.54, 1.807) is 12.1 Å². The van der Waals surface area contributed by atoms with Crippen molar-refractivity contribution >= 4 is 32.7 Å². The van der Waals surface area contributed by atoms with Crippen molar-refractivity contribution in [2.45, 2.75) is 0 Å². The molecule has 0 spiro atoms. The summed E-state index contributed by atoms with van der Waals surface area (Å²) in [7, 11) is 0. The van der Waals surface area contributed by atoms with Gasteiger partial charge < -0.3 is 4.74 Å². The molecule has 1 heterocycles. The van der Waals surface area contributed by atoms with Gasteiger partial charge in [-0.05, 0) is 40.6 Å². The maximum Gasteiger partial charge on any atom is 0.301 e. The lowest BCUT2D eigenvalue weighted by Crippen LogP contribution is -1.91. The normalized spacial score (nSPS) is 10.7. The Morgan fingerprint density at radius 2 is 1.80 bits per heavy atom. The largest absolute Gasteiger partial charge is 0.455 e. The van der Waals surface area contributed by atoms with Gasteiger partial charge in [0, 0.05) is 10.5 Å². The average Bonchev–Trinajstić information content (AvgIpc) is 2.91. The second kappa shape index (κ2) is 4.89. The number of ether oxygens (including phenoxy) is 1. The van der Waals surface area contributed by atoms with E-state index in [9.17, 15) is 10.1 Å². The average molecular weight is 336 g/mol. The molecule has 3 aromatic rings. The highest BCUT2D eigenvalue weighted by Crippen LogP contribution is 2.33. The summed E-state index contributed by atoms with van der Waals surface area (Å²) >= 11 is 3.32. The quantitative estimate of drug-likeness (QED) is 0.535. The van der Waals surface area contributed by atoms with E-state index in [0.29, 0.717) is 11.5 Å². The number of rotatable bonds is 3. The minimum atomic E-state index is -0.546. The van der Waals surface area contributed by atoms with E-state index in [-0.39, 0.29) is 16.7 Å². The van der Waals surface area contributed by atoms with Crippen LogP contribution in [0, 0.1) is 10.1 Å². The molecule has 0 saturated carbocycles. The maximum absolute atomic E-state index is 10.9. The maximum atomic E-state index is 10.9. The third-order valence-corrected chi connectivity index (χ3v) is 3.12. The van der Waals surface area contributed by atoms with Gasteiger partial charge in [0.15, 0.2) is 11.3 Å². The van der Waals surface area contributed by atoms with Crippen molar-refractivity contribution in [3.8, 4) is 11.5 Å². The first-order chi connectivity index (χ1) is 9.65. The minimum absolute atomic E-state index is 0.0598. The lowest BCUT2D eigenvalue weighted by atomic mass is 10.2.